The summed E-state index contributed by atoms with van der Waals surface area (Å²) < 4.78 is 23.9. The third-order valence-corrected chi connectivity index (χ3v) is 4.90. The maximum atomic E-state index is 11.5. The molecule has 0 saturated heterocycles. The predicted octanol–water partition coefficient (Wildman–Crippen LogP) is 3.67. The normalized spacial score (nSPS) is 11.4. The van der Waals surface area contributed by atoms with Crippen molar-refractivity contribution in [3.8, 4) is 0 Å². The zero-order valence-corrected chi connectivity index (χ0v) is 14.4. The fourth-order valence-corrected chi connectivity index (χ4v) is 3.29. The molecule has 0 aliphatic rings. The second-order valence-corrected chi connectivity index (χ2v) is 7.47. The molecule has 4 nitrogen and oxygen atoms in total. The van der Waals surface area contributed by atoms with Crippen molar-refractivity contribution in [1.82, 2.24) is 0 Å². The van der Waals surface area contributed by atoms with E-state index >= 15 is 0 Å². The maximum Gasteiger partial charge on any atom is 0.238 e. The van der Waals surface area contributed by atoms with Crippen molar-refractivity contribution in [2.75, 3.05) is 5.32 Å². The first-order valence-corrected chi connectivity index (χ1v) is 8.80. The van der Waals surface area contributed by atoms with Crippen LogP contribution < -0.4 is 10.5 Å². The Morgan fingerprint density at radius 2 is 1.95 bits per heavy atom. The van der Waals surface area contributed by atoms with Crippen LogP contribution in [-0.4, -0.2) is 8.42 Å². The van der Waals surface area contributed by atoms with Crippen LogP contribution in [0.4, 0.5) is 5.69 Å². The Labute approximate surface area is 137 Å². The van der Waals surface area contributed by atoms with E-state index in [1.54, 1.807) is 25.1 Å². The van der Waals surface area contributed by atoms with Gasteiger partial charge in [-0.15, -0.1) is 0 Å². The quantitative estimate of drug-likeness (QED) is 0.838. The number of benzene rings is 2. The van der Waals surface area contributed by atoms with Crippen LogP contribution in [0.2, 0.25) is 5.02 Å². The van der Waals surface area contributed by atoms with Gasteiger partial charge < -0.3 is 5.32 Å². The van der Waals surface area contributed by atoms with Gasteiger partial charge in [0.15, 0.2) is 0 Å². The van der Waals surface area contributed by atoms with Crippen LogP contribution in [0.25, 0.3) is 0 Å². The van der Waals surface area contributed by atoms with Crippen molar-refractivity contribution >= 4 is 43.2 Å². The van der Waals surface area contributed by atoms with Gasteiger partial charge in [0.05, 0.1) is 4.90 Å². The number of anilines is 1. The largest absolute Gasteiger partial charge is 0.381 e. The summed E-state index contributed by atoms with van der Waals surface area (Å²) in [5, 5.41) is 8.98. The van der Waals surface area contributed by atoms with E-state index in [0.29, 0.717) is 22.8 Å². The highest BCUT2D eigenvalue weighted by Gasteiger charge is 2.12. The number of hydrogen-bond acceptors (Lipinski definition) is 3. The summed E-state index contributed by atoms with van der Waals surface area (Å²) in [6, 6.07) is 10.6. The zero-order chi connectivity index (χ0) is 15.6. The monoisotopic (exact) mass is 388 g/mol. The summed E-state index contributed by atoms with van der Waals surface area (Å²) in [4.78, 5) is 0.118. The second-order valence-electron chi connectivity index (χ2n) is 4.61. The molecule has 0 fully saturated rings. The fourth-order valence-electron chi connectivity index (χ4n) is 1.89. The molecule has 0 radical (unpaired) electrons. The van der Waals surface area contributed by atoms with E-state index in [0.717, 1.165) is 10.0 Å². The topological polar surface area (TPSA) is 72.2 Å². The molecule has 0 unspecified atom stereocenters. The molecule has 2 aromatic carbocycles. The Balaban J connectivity index is 2.23. The molecule has 0 heterocycles. The molecule has 2 aromatic rings. The summed E-state index contributed by atoms with van der Waals surface area (Å²) in [6.07, 6.45) is 0. The molecule has 0 bridgehead atoms. The third kappa shape index (κ3) is 4.20. The highest BCUT2D eigenvalue weighted by atomic mass is 79.9. The number of aryl methyl sites for hydroxylation is 1. The molecule has 0 saturated carbocycles. The molecule has 0 amide bonds. The zero-order valence-electron chi connectivity index (χ0n) is 11.2. The van der Waals surface area contributed by atoms with Crippen molar-refractivity contribution in [3.05, 3.63) is 57.0 Å². The fraction of sp³-hybridized carbons (Fsp3) is 0.143. The average Bonchev–Trinajstić information content (AvgIpc) is 2.40. The Morgan fingerprint density at radius 3 is 2.62 bits per heavy atom. The van der Waals surface area contributed by atoms with Crippen LogP contribution in [0, 0.1) is 6.92 Å². The number of halogens is 2. The lowest BCUT2D eigenvalue weighted by Crippen LogP contribution is -2.14. The smallest absolute Gasteiger partial charge is 0.238 e. The SMILES string of the molecule is Cc1ccc(NCc2cc(Br)ccc2Cl)cc1S(N)(=O)=O. The first-order valence-electron chi connectivity index (χ1n) is 6.08. The first-order chi connectivity index (χ1) is 9.77. The lowest BCUT2D eigenvalue weighted by atomic mass is 10.2. The van der Waals surface area contributed by atoms with Crippen LogP contribution in [-0.2, 0) is 16.6 Å². The van der Waals surface area contributed by atoms with E-state index in [2.05, 4.69) is 21.2 Å². The van der Waals surface area contributed by atoms with Crippen molar-refractivity contribution in [2.45, 2.75) is 18.4 Å². The average molecular weight is 390 g/mol. The number of nitrogens with two attached hydrogens (primary N) is 1. The van der Waals surface area contributed by atoms with Gasteiger partial charge in [-0.3, -0.25) is 0 Å². The number of rotatable bonds is 4. The second kappa shape index (κ2) is 6.36. The van der Waals surface area contributed by atoms with Gasteiger partial charge in [0.2, 0.25) is 10.0 Å². The summed E-state index contributed by atoms with van der Waals surface area (Å²) >= 11 is 9.50. The van der Waals surface area contributed by atoms with E-state index in [-0.39, 0.29) is 4.90 Å². The lowest BCUT2D eigenvalue weighted by Gasteiger charge is -2.11. The van der Waals surface area contributed by atoms with Crippen LogP contribution in [0.1, 0.15) is 11.1 Å². The molecule has 0 aliphatic carbocycles. The molecular weight excluding hydrogens is 376 g/mol. The van der Waals surface area contributed by atoms with Crippen molar-refractivity contribution in [2.24, 2.45) is 5.14 Å². The molecule has 2 rings (SSSR count). The highest BCUT2D eigenvalue weighted by Crippen LogP contribution is 2.23. The molecule has 0 spiro atoms. The molecule has 0 atom stereocenters. The van der Waals surface area contributed by atoms with Crippen molar-refractivity contribution in [3.63, 3.8) is 0 Å². The van der Waals surface area contributed by atoms with Gasteiger partial charge in [-0.05, 0) is 48.4 Å². The molecule has 0 aliphatic heterocycles. The maximum absolute atomic E-state index is 11.5. The number of hydrogen-bond donors (Lipinski definition) is 2. The number of nitrogens with one attached hydrogen (secondary N) is 1. The molecule has 7 heteroatoms. The molecule has 21 heavy (non-hydrogen) atoms. The van der Waals surface area contributed by atoms with Gasteiger partial charge in [-0.1, -0.05) is 33.6 Å². The minimum atomic E-state index is -3.73. The highest BCUT2D eigenvalue weighted by molar-refractivity contribution is 9.10. The van der Waals surface area contributed by atoms with Crippen LogP contribution >= 0.6 is 27.5 Å². The van der Waals surface area contributed by atoms with E-state index in [1.807, 2.05) is 12.1 Å². The Hall–Kier alpha value is -1.08. The van der Waals surface area contributed by atoms with Gasteiger partial charge in [0, 0.05) is 21.7 Å². The number of primary sulfonamides is 1. The van der Waals surface area contributed by atoms with Gasteiger partial charge in [-0.2, -0.15) is 0 Å². The Kier molecular flexibility index (Phi) is 4.93. The summed E-state index contributed by atoms with van der Waals surface area (Å²) in [7, 11) is -3.73. The van der Waals surface area contributed by atoms with E-state index in [1.165, 1.54) is 6.07 Å². The standard InChI is InChI=1S/C14H14BrClN2O2S/c1-9-2-4-12(7-14(9)21(17,19)20)18-8-10-6-11(15)3-5-13(10)16/h2-7,18H,8H2,1H3,(H2,17,19,20). The summed E-state index contributed by atoms with van der Waals surface area (Å²) in [5.41, 5.74) is 2.19. The van der Waals surface area contributed by atoms with Crippen molar-refractivity contribution < 1.29 is 8.42 Å². The predicted molar refractivity (Wildman–Crippen MR) is 89.0 cm³/mol. The minimum Gasteiger partial charge on any atom is -0.381 e. The van der Waals surface area contributed by atoms with Crippen molar-refractivity contribution in [1.29, 1.82) is 0 Å². The van der Waals surface area contributed by atoms with Crippen LogP contribution in [0.15, 0.2) is 45.8 Å². The van der Waals surface area contributed by atoms with E-state index < -0.39 is 10.0 Å². The Bertz CT molecular complexity index is 779. The molecular formula is C14H14BrClN2O2S. The van der Waals surface area contributed by atoms with Crippen LogP contribution in [0.5, 0.6) is 0 Å². The molecule has 3 N–H and O–H groups in total. The molecule has 0 aromatic heterocycles. The lowest BCUT2D eigenvalue weighted by molar-refractivity contribution is 0.597. The van der Waals surface area contributed by atoms with Gasteiger partial charge >= 0.3 is 0 Å². The minimum absolute atomic E-state index is 0.118. The van der Waals surface area contributed by atoms with Gasteiger partial charge in [0.25, 0.3) is 0 Å². The van der Waals surface area contributed by atoms with E-state index in [4.69, 9.17) is 16.7 Å². The van der Waals surface area contributed by atoms with E-state index in [9.17, 15) is 8.42 Å². The molecule has 112 valence electrons. The van der Waals surface area contributed by atoms with Gasteiger partial charge in [-0.25, -0.2) is 13.6 Å². The Morgan fingerprint density at radius 1 is 1.24 bits per heavy atom. The summed E-state index contributed by atoms with van der Waals surface area (Å²) in [6.45, 7) is 2.18. The van der Waals surface area contributed by atoms with Gasteiger partial charge in [0.1, 0.15) is 0 Å². The van der Waals surface area contributed by atoms with Crippen LogP contribution in [0.3, 0.4) is 0 Å². The first kappa shape index (κ1) is 16.3. The number of sulfonamides is 1. The third-order valence-electron chi connectivity index (χ3n) is 2.99. The summed E-state index contributed by atoms with van der Waals surface area (Å²) in [5.74, 6) is 0.